The highest BCUT2D eigenvalue weighted by molar-refractivity contribution is 7.37. The fraction of sp³-hybridized carbons (Fsp3) is 0.684. The predicted molar refractivity (Wildman–Crippen MR) is 94.0 cm³/mol. The van der Waals surface area contributed by atoms with E-state index >= 15 is 0 Å². The van der Waals surface area contributed by atoms with E-state index in [0.717, 1.165) is 0 Å². The zero-order valence-electron chi connectivity index (χ0n) is 13.3. The van der Waals surface area contributed by atoms with Crippen molar-refractivity contribution in [2.24, 2.45) is 0 Å². The predicted octanol–water partition coefficient (Wildman–Crippen LogP) is 6.71. The summed E-state index contributed by atoms with van der Waals surface area (Å²) in [7, 11) is 1.65. The van der Waals surface area contributed by atoms with Gasteiger partial charge in [0.25, 0.3) is 0 Å². The van der Waals surface area contributed by atoms with E-state index in [1.165, 1.54) is 82.1 Å². The van der Waals surface area contributed by atoms with Crippen LogP contribution in [-0.2, 0) is 6.42 Å². The first-order valence-corrected chi connectivity index (χ1v) is 9.87. The molecule has 0 atom stereocenters. The van der Waals surface area contributed by atoms with Crippen LogP contribution in [0.3, 0.4) is 0 Å². The minimum Gasteiger partial charge on any atom is -0.0806 e. The van der Waals surface area contributed by atoms with E-state index in [-0.39, 0.29) is 0 Å². The van der Waals surface area contributed by atoms with Gasteiger partial charge in [-0.15, -0.1) is 0 Å². The molecule has 0 aromatic heterocycles. The number of rotatable bonds is 13. The van der Waals surface area contributed by atoms with E-state index in [1.807, 2.05) is 0 Å². The van der Waals surface area contributed by atoms with Gasteiger partial charge in [0.15, 0.2) is 0 Å². The largest absolute Gasteiger partial charge is 0.0806 e. The third-order valence-electron chi connectivity index (χ3n) is 3.82. The Labute approximate surface area is 128 Å². The molecule has 1 aromatic rings. The normalized spacial score (nSPS) is 11.4. The Kier molecular flexibility index (Phi) is 12.1. The molecule has 0 unspecified atom stereocenters. The highest BCUT2D eigenvalue weighted by atomic mass is 31.1. The lowest BCUT2D eigenvalue weighted by atomic mass is 10.1. The van der Waals surface area contributed by atoms with Crippen LogP contribution >= 0.6 is 8.58 Å². The highest BCUT2D eigenvalue weighted by Gasteiger charge is 1.95. The van der Waals surface area contributed by atoms with Crippen molar-refractivity contribution >= 4 is 8.58 Å². The van der Waals surface area contributed by atoms with Crippen molar-refractivity contribution in [3.63, 3.8) is 0 Å². The van der Waals surface area contributed by atoms with E-state index < -0.39 is 0 Å². The summed E-state index contributed by atoms with van der Waals surface area (Å²) >= 11 is 0. The summed E-state index contributed by atoms with van der Waals surface area (Å²) in [6, 6.07) is 10.9. The number of unbranched alkanes of at least 4 members (excludes halogenated alkanes) is 8. The van der Waals surface area contributed by atoms with Crippen LogP contribution in [0, 0.1) is 0 Å². The lowest BCUT2D eigenvalue weighted by Crippen LogP contribution is -1.88. The molecule has 1 aromatic carbocycles. The van der Waals surface area contributed by atoms with Crippen LogP contribution in [0.5, 0.6) is 0 Å². The van der Waals surface area contributed by atoms with Gasteiger partial charge in [-0.05, 0) is 30.7 Å². The van der Waals surface area contributed by atoms with Gasteiger partial charge >= 0.3 is 0 Å². The van der Waals surface area contributed by atoms with E-state index in [1.54, 1.807) is 8.58 Å². The maximum atomic E-state index is 2.29. The van der Waals surface area contributed by atoms with E-state index in [4.69, 9.17) is 0 Å². The van der Waals surface area contributed by atoms with Crippen LogP contribution in [0.1, 0.15) is 70.3 Å². The van der Waals surface area contributed by atoms with Gasteiger partial charge in [-0.1, -0.05) is 97.2 Å². The van der Waals surface area contributed by atoms with Crippen molar-refractivity contribution in [3.8, 4) is 0 Å². The van der Waals surface area contributed by atoms with Gasteiger partial charge in [-0.2, -0.15) is 0 Å². The Morgan fingerprint density at radius 3 is 1.95 bits per heavy atom. The second-order valence-electron chi connectivity index (χ2n) is 5.73. The van der Waals surface area contributed by atoms with Gasteiger partial charge in [0.05, 0.1) is 0 Å². The molecular weight excluding hydrogens is 259 g/mol. The summed E-state index contributed by atoms with van der Waals surface area (Å²) in [5.41, 5.74) is 1.49. The van der Waals surface area contributed by atoms with Crippen LogP contribution in [0.4, 0.5) is 0 Å². The SMILES string of the molecule is CCCCCCCCCCC[P]CCc1ccccc1. The fourth-order valence-electron chi connectivity index (χ4n) is 2.50. The van der Waals surface area contributed by atoms with E-state index in [2.05, 4.69) is 37.3 Å². The highest BCUT2D eigenvalue weighted by Crippen LogP contribution is 2.17. The van der Waals surface area contributed by atoms with E-state index in [9.17, 15) is 0 Å². The average molecular weight is 291 g/mol. The third-order valence-corrected chi connectivity index (χ3v) is 4.99. The van der Waals surface area contributed by atoms with Gasteiger partial charge in [-0.3, -0.25) is 0 Å². The Balaban J connectivity index is 1.77. The fourth-order valence-corrected chi connectivity index (χ4v) is 3.59. The maximum absolute atomic E-state index is 2.29. The summed E-state index contributed by atoms with van der Waals surface area (Å²) in [6.45, 7) is 2.29. The Morgan fingerprint density at radius 1 is 0.700 bits per heavy atom. The van der Waals surface area contributed by atoms with Crippen molar-refractivity contribution in [1.29, 1.82) is 0 Å². The molecule has 1 rings (SSSR count). The Morgan fingerprint density at radius 2 is 1.30 bits per heavy atom. The topological polar surface area (TPSA) is 0 Å². The van der Waals surface area contributed by atoms with E-state index in [0.29, 0.717) is 0 Å². The second-order valence-corrected chi connectivity index (χ2v) is 7.08. The molecule has 0 nitrogen and oxygen atoms in total. The maximum Gasteiger partial charge on any atom is -0.0236 e. The van der Waals surface area contributed by atoms with Crippen molar-refractivity contribution in [3.05, 3.63) is 35.9 Å². The molecule has 0 saturated heterocycles. The van der Waals surface area contributed by atoms with Gasteiger partial charge in [0.2, 0.25) is 0 Å². The lowest BCUT2D eigenvalue weighted by molar-refractivity contribution is 0.573. The quantitative estimate of drug-likeness (QED) is 0.280. The van der Waals surface area contributed by atoms with Crippen LogP contribution in [0.15, 0.2) is 30.3 Å². The molecule has 0 heterocycles. The minimum absolute atomic E-state index is 1.25. The van der Waals surface area contributed by atoms with Crippen molar-refractivity contribution in [1.82, 2.24) is 0 Å². The summed E-state index contributed by atoms with van der Waals surface area (Å²) in [5.74, 6) is 0. The molecule has 0 fully saturated rings. The lowest BCUT2D eigenvalue weighted by Gasteiger charge is -2.03. The number of hydrogen-bond acceptors (Lipinski definition) is 0. The van der Waals surface area contributed by atoms with Gasteiger partial charge in [0.1, 0.15) is 0 Å². The molecule has 0 amide bonds. The first-order chi connectivity index (χ1) is 9.93. The molecule has 1 heteroatoms. The van der Waals surface area contributed by atoms with Crippen LogP contribution < -0.4 is 0 Å². The zero-order chi connectivity index (χ0) is 14.3. The first-order valence-electron chi connectivity index (χ1n) is 8.60. The smallest absolute Gasteiger partial charge is 0.0236 e. The first kappa shape index (κ1) is 17.7. The van der Waals surface area contributed by atoms with Gasteiger partial charge < -0.3 is 0 Å². The second kappa shape index (κ2) is 13.6. The number of aryl methyl sites for hydroxylation is 1. The Bertz CT molecular complexity index is 294. The van der Waals surface area contributed by atoms with Crippen LogP contribution in [0.25, 0.3) is 0 Å². The molecular formula is C19H32P. The molecule has 0 aliphatic carbocycles. The number of benzene rings is 1. The average Bonchev–Trinajstić information content (AvgIpc) is 2.49. The molecule has 0 spiro atoms. The molecule has 113 valence electrons. The standard InChI is InChI=1S/C19H32P/c1-2-3-4-5-6-7-8-9-13-17-20-18-16-19-14-11-10-12-15-19/h10-12,14-15H,2-9,13,16-18H2,1H3. The summed E-state index contributed by atoms with van der Waals surface area (Å²) in [4.78, 5) is 0. The molecule has 20 heavy (non-hydrogen) atoms. The third kappa shape index (κ3) is 10.4. The molecule has 0 aliphatic heterocycles. The van der Waals surface area contributed by atoms with Crippen molar-refractivity contribution in [2.75, 3.05) is 12.3 Å². The van der Waals surface area contributed by atoms with Crippen molar-refractivity contribution in [2.45, 2.75) is 71.1 Å². The molecule has 1 radical (unpaired) electrons. The Hall–Kier alpha value is -0.350. The molecule has 0 saturated carbocycles. The minimum atomic E-state index is 1.25. The molecule has 0 bridgehead atoms. The summed E-state index contributed by atoms with van der Waals surface area (Å²) in [6.07, 6.45) is 17.0. The monoisotopic (exact) mass is 291 g/mol. The summed E-state index contributed by atoms with van der Waals surface area (Å²) < 4.78 is 0. The van der Waals surface area contributed by atoms with Gasteiger partial charge in [-0.25, -0.2) is 0 Å². The zero-order valence-corrected chi connectivity index (χ0v) is 14.2. The summed E-state index contributed by atoms with van der Waals surface area (Å²) in [5, 5.41) is 0. The van der Waals surface area contributed by atoms with Crippen LogP contribution in [0.2, 0.25) is 0 Å². The number of hydrogen-bond donors (Lipinski definition) is 0. The molecule has 0 aliphatic rings. The van der Waals surface area contributed by atoms with Gasteiger partial charge in [0, 0.05) is 0 Å². The van der Waals surface area contributed by atoms with Crippen LogP contribution in [-0.4, -0.2) is 12.3 Å². The van der Waals surface area contributed by atoms with Crippen molar-refractivity contribution < 1.29 is 0 Å². The molecule has 0 N–H and O–H groups in total.